The average Bonchev–Trinajstić information content (AvgIpc) is 2.46. The van der Waals surface area contributed by atoms with Crippen molar-refractivity contribution in [2.45, 2.75) is 0 Å². The molecule has 2 rings (SSSR count). The van der Waals surface area contributed by atoms with E-state index in [1.165, 1.54) is 7.11 Å². The van der Waals surface area contributed by atoms with E-state index in [1.807, 2.05) is 54.6 Å². The van der Waals surface area contributed by atoms with Crippen LogP contribution in [0.4, 0.5) is 0 Å². The highest BCUT2D eigenvalue weighted by Crippen LogP contribution is 2.23. The quantitative estimate of drug-likeness (QED) is 0.773. The minimum Gasteiger partial charge on any atom is -0.482 e. The van der Waals surface area contributed by atoms with E-state index in [9.17, 15) is 4.79 Å². The van der Waals surface area contributed by atoms with Crippen LogP contribution in [0.25, 0.3) is 11.1 Å². The molecule has 2 aromatic carbocycles. The number of esters is 1. The molecule has 18 heavy (non-hydrogen) atoms. The summed E-state index contributed by atoms with van der Waals surface area (Å²) in [5.74, 6) is 0.266. The topological polar surface area (TPSA) is 35.5 Å². The zero-order valence-corrected chi connectivity index (χ0v) is 10.1. The van der Waals surface area contributed by atoms with E-state index in [-0.39, 0.29) is 12.6 Å². The summed E-state index contributed by atoms with van der Waals surface area (Å²) in [6.45, 7) is -0.0747. The molecule has 0 fully saturated rings. The summed E-state index contributed by atoms with van der Waals surface area (Å²) >= 11 is 0. The number of hydrogen-bond acceptors (Lipinski definition) is 3. The van der Waals surface area contributed by atoms with Gasteiger partial charge in [0.25, 0.3) is 0 Å². The number of benzene rings is 2. The van der Waals surface area contributed by atoms with Gasteiger partial charge in [-0.2, -0.15) is 0 Å². The monoisotopic (exact) mass is 242 g/mol. The fourth-order valence-electron chi connectivity index (χ4n) is 1.60. The molecule has 2 aromatic rings. The van der Waals surface area contributed by atoms with E-state index in [1.54, 1.807) is 0 Å². The zero-order valence-electron chi connectivity index (χ0n) is 10.1. The second-order valence-corrected chi connectivity index (χ2v) is 3.76. The van der Waals surface area contributed by atoms with Gasteiger partial charge in [0.05, 0.1) is 7.11 Å². The molecule has 3 nitrogen and oxygen atoms in total. The molecular weight excluding hydrogens is 228 g/mol. The molecule has 0 radical (unpaired) electrons. The molecular formula is C15H14O3. The maximum atomic E-state index is 11.0. The van der Waals surface area contributed by atoms with Crippen molar-refractivity contribution in [3.05, 3.63) is 54.6 Å². The molecule has 0 aromatic heterocycles. The van der Waals surface area contributed by atoms with Crippen LogP contribution in [0.15, 0.2) is 54.6 Å². The minimum atomic E-state index is -0.389. The first-order valence-corrected chi connectivity index (χ1v) is 5.64. The second-order valence-electron chi connectivity index (χ2n) is 3.76. The van der Waals surface area contributed by atoms with Crippen LogP contribution < -0.4 is 4.74 Å². The van der Waals surface area contributed by atoms with Gasteiger partial charge in [-0.25, -0.2) is 4.79 Å². The average molecular weight is 242 g/mol. The van der Waals surface area contributed by atoms with Gasteiger partial charge in [-0.1, -0.05) is 42.5 Å². The summed E-state index contributed by atoms with van der Waals surface area (Å²) in [7, 11) is 1.34. The summed E-state index contributed by atoms with van der Waals surface area (Å²) in [6, 6.07) is 17.6. The van der Waals surface area contributed by atoms with Crippen molar-refractivity contribution in [1.82, 2.24) is 0 Å². The van der Waals surface area contributed by atoms with Gasteiger partial charge in [0.15, 0.2) is 6.61 Å². The lowest BCUT2D eigenvalue weighted by Crippen LogP contribution is -2.12. The van der Waals surface area contributed by atoms with Crippen molar-refractivity contribution in [3.8, 4) is 16.9 Å². The fraction of sp³-hybridized carbons (Fsp3) is 0.133. The van der Waals surface area contributed by atoms with E-state index < -0.39 is 0 Å². The molecule has 0 spiro atoms. The molecule has 0 N–H and O–H groups in total. The summed E-state index contributed by atoms with van der Waals surface area (Å²) in [4.78, 5) is 11.0. The molecule has 0 aliphatic rings. The molecule has 92 valence electrons. The van der Waals surface area contributed by atoms with E-state index >= 15 is 0 Å². The maximum absolute atomic E-state index is 11.0. The Morgan fingerprint density at radius 2 is 1.72 bits per heavy atom. The first-order chi connectivity index (χ1) is 8.79. The Hall–Kier alpha value is -2.29. The Balaban J connectivity index is 2.13. The Morgan fingerprint density at radius 3 is 2.44 bits per heavy atom. The normalized spacial score (nSPS) is 9.83. The van der Waals surface area contributed by atoms with Crippen LogP contribution in [-0.4, -0.2) is 19.7 Å². The molecule has 0 saturated heterocycles. The van der Waals surface area contributed by atoms with Gasteiger partial charge >= 0.3 is 5.97 Å². The number of methoxy groups -OCH3 is 1. The lowest BCUT2D eigenvalue weighted by atomic mass is 10.1. The Labute approximate surface area is 106 Å². The van der Waals surface area contributed by atoms with Crippen LogP contribution in [-0.2, 0) is 9.53 Å². The first kappa shape index (κ1) is 12.2. The highest BCUT2D eigenvalue weighted by atomic mass is 16.6. The molecule has 0 aliphatic carbocycles. The number of rotatable bonds is 4. The Morgan fingerprint density at radius 1 is 1.00 bits per heavy atom. The van der Waals surface area contributed by atoms with Crippen LogP contribution in [0.3, 0.4) is 0 Å². The number of hydrogen-bond donors (Lipinski definition) is 0. The first-order valence-electron chi connectivity index (χ1n) is 5.64. The molecule has 3 heteroatoms. The molecule has 0 unspecified atom stereocenters. The van der Waals surface area contributed by atoms with Crippen molar-refractivity contribution in [3.63, 3.8) is 0 Å². The summed E-state index contributed by atoms with van der Waals surface area (Å²) < 4.78 is 9.87. The van der Waals surface area contributed by atoms with Crippen LogP contribution in [0, 0.1) is 0 Å². The predicted octanol–water partition coefficient (Wildman–Crippen LogP) is 2.91. The minimum absolute atomic E-state index is 0.0747. The molecule has 0 atom stereocenters. The van der Waals surface area contributed by atoms with E-state index in [2.05, 4.69) is 4.74 Å². The smallest absolute Gasteiger partial charge is 0.343 e. The van der Waals surface area contributed by atoms with Crippen LogP contribution in [0.5, 0.6) is 5.75 Å². The molecule has 0 heterocycles. The highest BCUT2D eigenvalue weighted by Gasteiger charge is 2.03. The number of carbonyl (C=O) groups is 1. The lowest BCUT2D eigenvalue weighted by molar-refractivity contribution is -0.142. The van der Waals surface area contributed by atoms with E-state index in [0.717, 1.165) is 11.1 Å². The Bertz CT molecular complexity index is 520. The van der Waals surface area contributed by atoms with Gasteiger partial charge in [0.1, 0.15) is 5.75 Å². The van der Waals surface area contributed by atoms with Gasteiger partial charge in [0.2, 0.25) is 0 Å². The lowest BCUT2D eigenvalue weighted by Gasteiger charge is -2.07. The summed E-state index contributed by atoms with van der Waals surface area (Å²) in [5.41, 5.74) is 2.17. The van der Waals surface area contributed by atoms with Gasteiger partial charge < -0.3 is 9.47 Å². The zero-order chi connectivity index (χ0) is 12.8. The van der Waals surface area contributed by atoms with Crippen molar-refractivity contribution in [2.24, 2.45) is 0 Å². The highest BCUT2D eigenvalue weighted by molar-refractivity contribution is 5.71. The SMILES string of the molecule is COC(=O)COc1cccc(-c2ccccc2)c1. The van der Waals surface area contributed by atoms with Crippen molar-refractivity contribution >= 4 is 5.97 Å². The standard InChI is InChI=1S/C15H14O3/c1-17-15(16)11-18-14-9-5-8-13(10-14)12-6-3-2-4-7-12/h2-10H,11H2,1H3. The third kappa shape index (κ3) is 3.10. The van der Waals surface area contributed by atoms with Crippen molar-refractivity contribution in [1.29, 1.82) is 0 Å². The third-order valence-corrected chi connectivity index (χ3v) is 2.53. The summed E-state index contributed by atoms with van der Waals surface area (Å²) in [6.07, 6.45) is 0. The second kappa shape index (κ2) is 5.87. The Kier molecular flexibility index (Phi) is 3.97. The predicted molar refractivity (Wildman–Crippen MR) is 69.4 cm³/mol. The van der Waals surface area contributed by atoms with Crippen LogP contribution in [0.1, 0.15) is 0 Å². The van der Waals surface area contributed by atoms with Gasteiger partial charge in [-0.15, -0.1) is 0 Å². The fourth-order valence-corrected chi connectivity index (χ4v) is 1.60. The van der Waals surface area contributed by atoms with Crippen LogP contribution >= 0.6 is 0 Å². The number of carbonyl (C=O) groups excluding carboxylic acids is 1. The maximum Gasteiger partial charge on any atom is 0.343 e. The van der Waals surface area contributed by atoms with Crippen molar-refractivity contribution in [2.75, 3.05) is 13.7 Å². The molecule has 0 aliphatic heterocycles. The van der Waals surface area contributed by atoms with Gasteiger partial charge in [-0.3, -0.25) is 0 Å². The van der Waals surface area contributed by atoms with Gasteiger partial charge in [-0.05, 0) is 23.3 Å². The van der Waals surface area contributed by atoms with E-state index in [4.69, 9.17) is 4.74 Å². The van der Waals surface area contributed by atoms with Crippen LogP contribution in [0.2, 0.25) is 0 Å². The number of ether oxygens (including phenoxy) is 2. The third-order valence-electron chi connectivity index (χ3n) is 2.53. The van der Waals surface area contributed by atoms with Gasteiger partial charge in [0, 0.05) is 0 Å². The molecule has 0 saturated carbocycles. The summed E-state index contributed by atoms with van der Waals surface area (Å²) in [5, 5.41) is 0. The molecule has 0 bridgehead atoms. The van der Waals surface area contributed by atoms with E-state index in [0.29, 0.717) is 5.75 Å². The largest absolute Gasteiger partial charge is 0.482 e. The van der Waals surface area contributed by atoms with Crippen molar-refractivity contribution < 1.29 is 14.3 Å². The molecule has 0 amide bonds.